The molecule has 1 N–H and O–H groups in total. The second-order valence-corrected chi connectivity index (χ2v) is 6.02. The Morgan fingerprint density at radius 1 is 1.44 bits per heavy atom. The van der Waals surface area contributed by atoms with Crippen LogP contribution in [-0.2, 0) is 9.59 Å². The van der Waals surface area contributed by atoms with E-state index >= 15 is 0 Å². The molecule has 1 aliphatic carbocycles. The second-order valence-electron chi connectivity index (χ2n) is 6.02. The van der Waals surface area contributed by atoms with Crippen LogP contribution in [0.5, 0.6) is 0 Å². The normalized spacial score (nSPS) is 29.3. The minimum Gasteiger partial charge on any atom is -0.344 e. The highest BCUT2D eigenvalue weighted by Gasteiger charge is 2.44. The molecule has 0 radical (unpaired) electrons. The lowest BCUT2D eigenvalue weighted by Crippen LogP contribution is -2.58. The van der Waals surface area contributed by atoms with Gasteiger partial charge in [0.05, 0.1) is 0 Å². The van der Waals surface area contributed by atoms with E-state index in [9.17, 15) is 9.59 Å². The Labute approximate surface area is 109 Å². The predicted molar refractivity (Wildman–Crippen MR) is 70.0 cm³/mol. The maximum absolute atomic E-state index is 12.6. The molecule has 0 aromatic heterocycles. The zero-order valence-electron chi connectivity index (χ0n) is 11.7. The standard InChI is InChI=1S/C14H24N2O2/c1-4-10(2)12-13(18)16(9-6-11(17)15-12)14(3)7-5-8-14/h10,12H,4-9H2,1-3H3,(H,15,17). The summed E-state index contributed by atoms with van der Waals surface area (Å²) in [5.41, 5.74) is -0.00487. The molecule has 0 spiro atoms. The Bertz CT molecular complexity index is 350. The van der Waals surface area contributed by atoms with Crippen LogP contribution in [0.15, 0.2) is 0 Å². The highest BCUT2D eigenvalue weighted by molar-refractivity contribution is 5.90. The monoisotopic (exact) mass is 252 g/mol. The summed E-state index contributed by atoms with van der Waals surface area (Å²) in [6.45, 7) is 6.83. The summed E-state index contributed by atoms with van der Waals surface area (Å²) in [6.07, 6.45) is 4.67. The molecule has 1 saturated heterocycles. The lowest BCUT2D eigenvalue weighted by Gasteiger charge is -2.48. The van der Waals surface area contributed by atoms with Gasteiger partial charge in [0.15, 0.2) is 0 Å². The number of nitrogens with one attached hydrogen (secondary N) is 1. The first-order valence-electron chi connectivity index (χ1n) is 7.09. The molecule has 18 heavy (non-hydrogen) atoms. The van der Waals surface area contributed by atoms with Crippen molar-refractivity contribution in [3.63, 3.8) is 0 Å². The summed E-state index contributed by atoms with van der Waals surface area (Å²) in [6, 6.07) is -0.331. The van der Waals surface area contributed by atoms with Crippen molar-refractivity contribution in [3.05, 3.63) is 0 Å². The zero-order valence-corrected chi connectivity index (χ0v) is 11.7. The molecule has 2 aliphatic rings. The van der Waals surface area contributed by atoms with Crippen LogP contribution in [0.25, 0.3) is 0 Å². The Hall–Kier alpha value is -1.06. The molecule has 2 unspecified atom stereocenters. The predicted octanol–water partition coefficient (Wildman–Crippen LogP) is 1.69. The van der Waals surface area contributed by atoms with Crippen molar-refractivity contribution in [2.75, 3.05) is 6.54 Å². The van der Waals surface area contributed by atoms with Crippen LogP contribution in [-0.4, -0.2) is 34.8 Å². The van der Waals surface area contributed by atoms with Crippen molar-refractivity contribution < 1.29 is 9.59 Å². The van der Waals surface area contributed by atoms with E-state index in [0.717, 1.165) is 19.3 Å². The minimum absolute atomic E-state index is 0.00487. The summed E-state index contributed by atoms with van der Waals surface area (Å²) in [5.74, 6) is 0.335. The van der Waals surface area contributed by atoms with E-state index in [1.54, 1.807) is 0 Å². The third kappa shape index (κ3) is 2.25. The summed E-state index contributed by atoms with van der Waals surface area (Å²) in [4.78, 5) is 26.4. The Balaban J connectivity index is 2.20. The molecule has 1 aliphatic heterocycles. The molecule has 0 aromatic rings. The first kappa shape index (κ1) is 13.4. The molecule has 2 amide bonds. The molecular weight excluding hydrogens is 228 g/mol. The number of carbonyl (C=O) groups excluding carboxylic acids is 2. The lowest BCUT2D eigenvalue weighted by molar-refractivity contribution is -0.143. The van der Waals surface area contributed by atoms with Crippen molar-refractivity contribution in [2.45, 2.75) is 64.5 Å². The molecule has 0 bridgehead atoms. The van der Waals surface area contributed by atoms with Crippen molar-refractivity contribution in [3.8, 4) is 0 Å². The SMILES string of the molecule is CCC(C)C1NC(=O)CCN(C2(C)CCC2)C1=O. The van der Waals surface area contributed by atoms with Crippen molar-refractivity contribution in [2.24, 2.45) is 5.92 Å². The molecule has 2 rings (SSSR count). The Morgan fingerprint density at radius 2 is 2.11 bits per heavy atom. The van der Waals surface area contributed by atoms with Crippen LogP contribution in [0, 0.1) is 5.92 Å². The molecule has 2 atom stereocenters. The molecule has 4 heteroatoms. The van der Waals surface area contributed by atoms with Gasteiger partial charge in [-0.25, -0.2) is 0 Å². The number of hydrogen-bond donors (Lipinski definition) is 1. The van der Waals surface area contributed by atoms with Crippen LogP contribution in [0.1, 0.15) is 52.9 Å². The number of hydrogen-bond acceptors (Lipinski definition) is 2. The summed E-state index contributed by atoms with van der Waals surface area (Å²) in [5, 5.41) is 2.90. The topological polar surface area (TPSA) is 49.4 Å². The van der Waals surface area contributed by atoms with Crippen molar-refractivity contribution >= 4 is 11.8 Å². The van der Waals surface area contributed by atoms with E-state index in [1.807, 2.05) is 11.8 Å². The quantitative estimate of drug-likeness (QED) is 0.831. The van der Waals surface area contributed by atoms with E-state index in [0.29, 0.717) is 13.0 Å². The smallest absolute Gasteiger partial charge is 0.245 e. The molecular formula is C14H24N2O2. The fourth-order valence-corrected chi connectivity index (χ4v) is 2.91. The lowest BCUT2D eigenvalue weighted by atomic mass is 9.76. The van der Waals surface area contributed by atoms with Gasteiger partial charge in [0, 0.05) is 18.5 Å². The average molecular weight is 252 g/mol. The van der Waals surface area contributed by atoms with Crippen LogP contribution in [0.4, 0.5) is 0 Å². The van der Waals surface area contributed by atoms with Gasteiger partial charge < -0.3 is 10.2 Å². The molecule has 0 aromatic carbocycles. The number of amides is 2. The first-order valence-corrected chi connectivity index (χ1v) is 7.09. The van der Waals surface area contributed by atoms with E-state index in [-0.39, 0.29) is 29.3 Å². The van der Waals surface area contributed by atoms with Gasteiger partial charge in [0.2, 0.25) is 11.8 Å². The van der Waals surface area contributed by atoms with E-state index in [2.05, 4.69) is 19.2 Å². The van der Waals surface area contributed by atoms with Gasteiger partial charge in [-0.1, -0.05) is 20.3 Å². The fraction of sp³-hybridized carbons (Fsp3) is 0.857. The van der Waals surface area contributed by atoms with Crippen LogP contribution >= 0.6 is 0 Å². The van der Waals surface area contributed by atoms with E-state index < -0.39 is 0 Å². The van der Waals surface area contributed by atoms with Crippen LogP contribution in [0.3, 0.4) is 0 Å². The number of nitrogens with zero attached hydrogens (tertiary/aromatic N) is 1. The van der Waals surface area contributed by atoms with Gasteiger partial charge in [0.25, 0.3) is 0 Å². The molecule has 1 heterocycles. The molecule has 2 fully saturated rings. The maximum Gasteiger partial charge on any atom is 0.245 e. The van der Waals surface area contributed by atoms with Gasteiger partial charge in [-0.2, -0.15) is 0 Å². The van der Waals surface area contributed by atoms with Crippen LogP contribution < -0.4 is 5.32 Å². The highest BCUT2D eigenvalue weighted by Crippen LogP contribution is 2.38. The van der Waals surface area contributed by atoms with Crippen molar-refractivity contribution in [1.82, 2.24) is 10.2 Å². The summed E-state index contributed by atoms with van der Waals surface area (Å²) in [7, 11) is 0. The van der Waals surface area contributed by atoms with Gasteiger partial charge in [-0.05, 0) is 32.1 Å². The summed E-state index contributed by atoms with van der Waals surface area (Å²) < 4.78 is 0. The maximum atomic E-state index is 12.6. The summed E-state index contributed by atoms with van der Waals surface area (Å²) >= 11 is 0. The highest BCUT2D eigenvalue weighted by atomic mass is 16.2. The number of rotatable bonds is 3. The largest absolute Gasteiger partial charge is 0.344 e. The van der Waals surface area contributed by atoms with E-state index in [4.69, 9.17) is 0 Å². The van der Waals surface area contributed by atoms with Gasteiger partial charge >= 0.3 is 0 Å². The fourth-order valence-electron chi connectivity index (χ4n) is 2.91. The van der Waals surface area contributed by atoms with Gasteiger partial charge in [0.1, 0.15) is 6.04 Å². The second kappa shape index (κ2) is 4.90. The first-order chi connectivity index (χ1) is 8.48. The molecule has 102 valence electrons. The van der Waals surface area contributed by atoms with Crippen molar-refractivity contribution in [1.29, 1.82) is 0 Å². The third-order valence-corrected chi connectivity index (χ3v) is 4.71. The minimum atomic E-state index is -0.331. The molecule has 4 nitrogen and oxygen atoms in total. The number of carbonyl (C=O) groups is 2. The molecule has 1 saturated carbocycles. The van der Waals surface area contributed by atoms with Gasteiger partial charge in [-0.15, -0.1) is 0 Å². The van der Waals surface area contributed by atoms with Crippen LogP contribution in [0.2, 0.25) is 0 Å². The Kier molecular flexibility index (Phi) is 3.64. The van der Waals surface area contributed by atoms with E-state index in [1.165, 1.54) is 6.42 Å². The zero-order chi connectivity index (χ0) is 13.3. The third-order valence-electron chi connectivity index (χ3n) is 4.71. The van der Waals surface area contributed by atoms with Gasteiger partial charge in [-0.3, -0.25) is 9.59 Å². The average Bonchev–Trinajstić information content (AvgIpc) is 2.46. The Morgan fingerprint density at radius 3 is 2.61 bits per heavy atom.